The molecule has 0 spiro atoms. The Hall–Kier alpha value is -2.46. The molecule has 0 bridgehead atoms. The summed E-state index contributed by atoms with van der Waals surface area (Å²) in [6.07, 6.45) is 6.81. The zero-order valence-electron chi connectivity index (χ0n) is 14.7. The van der Waals surface area contributed by atoms with Gasteiger partial charge in [0.15, 0.2) is 0 Å². The van der Waals surface area contributed by atoms with Gasteiger partial charge in [0, 0.05) is 54.7 Å². The Kier molecular flexibility index (Phi) is 4.14. The zero-order chi connectivity index (χ0) is 17.4. The summed E-state index contributed by atoms with van der Waals surface area (Å²) in [6.45, 7) is 4.14. The number of pyridine rings is 1. The van der Waals surface area contributed by atoms with Gasteiger partial charge in [-0.2, -0.15) is 0 Å². The van der Waals surface area contributed by atoms with Crippen LogP contribution in [0, 0.1) is 6.92 Å². The van der Waals surface area contributed by atoms with Crippen LogP contribution >= 0.6 is 0 Å². The Bertz CT molecular complexity index is 941. The smallest absolute Gasteiger partial charge is 0.147 e. The predicted molar refractivity (Wildman–Crippen MR) is 101 cm³/mol. The van der Waals surface area contributed by atoms with Gasteiger partial charge in [-0.15, -0.1) is 0 Å². The monoisotopic (exact) mass is 335 g/mol. The van der Waals surface area contributed by atoms with E-state index in [0.29, 0.717) is 5.56 Å². The van der Waals surface area contributed by atoms with Crippen molar-refractivity contribution in [3.63, 3.8) is 0 Å². The van der Waals surface area contributed by atoms with E-state index in [1.807, 2.05) is 0 Å². The molecule has 0 atom stereocenters. The summed E-state index contributed by atoms with van der Waals surface area (Å²) in [7, 11) is 2.15. The second-order valence-electron chi connectivity index (χ2n) is 6.83. The third kappa shape index (κ3) is 2.98. The van der Waals surface area contributed by atoms with E-state index in [2.05, 4.69) is 46.6 Å². The van der Waals surface area contributed by atoms with Crippen LogP contribution in [-0.4, -0.2) is 34.6 Å². The summed E-state index contributed by atoms with van der Waals surface area (Å²) in [4.78, 5) is 6.31. The van der Waals surface area contributed by atoms with Crippen LogP contribution in [0.2, 0.25) is 0 Å². The summed E-state index contributed by atoms with van der Waals surface area (Å²) in [6, 6.07) is 9.85. The minimum Gasteiger partial charge on any atom is -0.317 e. The Balaban J connectivity index is 1.91. The van der Waals surface area contributed by atoms with Gasteiger partial charge in [0.05, 0.1) is 5.52 Å². The molecular formula is C21H22FN3. The fourth-order valence-electron chi connectivity index (χ4n) is 3.66. The molecule has 1 aromatic carbocycles. The van der Waals surface area contributed by atoms with Crippen molar-refractivity contribution < 1.29 is 4.39 Å². The molecule has 0 radical (unpaired) electrons. The van der Waals surface area contributed by atoms with Gasteiger partial charge in [-0.1, -0.05) is 11.6 Å². The van der Waals surface area contributed by atoms with E-state index in [1.54, 1.807) is 30.7 Å². The van der Waals surface area contributed by atoms with Crippen LogP contribution in [0.4, 0.5) is 4.39 Å². The van der Waals surface area contributed by atoms with Crippen molar-refractivity contribution in [1.82, 2.24) is 14.5 Å². The van der Waals surface area contributed by atoms with Crippen molar-refractivity contribution in [2.24, 2.45) is 0 Å². The second-order valence-corrected chi connectivity index (χ2v) is 6.83. The molecule has 3 aromatic rings. The summed E-state index contributed by atoms with van der Waals surface area (Å²) < 4.78 is 16.9. The normalized spacial score (nSPS) is 16.0. The van der Waals surface area contributed by atoms with Crippen molar-refractivity contribution in [2.45, 2.75) is 19.8 Å². The molecule has 0 aliphatic carbocycles. The molecule has 4 heteroatoms. The maximum Gasteiger partial charge on any atom is 0.147 e. The first-order chi connectivity index (χ1) is 12.1. The summed E-state index contributed by atoms with van der Waals surface area (Å²) >= 11 is 0. The van der Waals surface area contributed by atoms with Gasteiger partial charge >= 0.3 is 0 Å². The molecule has 0 amide bonds. The van der Waals surface area contributed by atoms with Crippen LogP contribution in [0.25, 0.3) is 22.9 Å². The third-order valence-corrected chi connectivity index (χ3v) is 5.05. The van der Waals surface area contributed by atoms with Gasteiger partial charge in [-0.3, -0.25) is 4.98 Å². The molecule has 25 heavy (non-hydrogen) atoms. The molecule has 0 N–H and O–H groups in total. The van der Waals surface area contributed by atoms with Gasteiger partial charge in [-0.25, -0.2) is 4.39 Å². The Morgan fingerprint density at radius 1 is 1.12 bits per heavy atom. The molecule has 3 heterocycles. The van der Waals surface area contributed by atoms with E-state index in [9.17, 15) is 4.39 Å². The summed E-state index contributed by atoms with van der Waals surface area (Å²) in [5.41, 5.74) is 5.48. The Morgan fingerprint density at radius 3 is 2.68 bits per heavy atom. The van der Waals surface area contributed by atoms with Gasteiger partial charge in [0.2, 0.25) is 0 Å². The number of halogens is 1. The highest BCUT2D eigenvalue weighted by atomic mass is 19.1. The van der Waals surface area contributed by atoms with Crippen molar-refractivity contribution in [1.29, 1.82) is 0 Å². The number of likely N-dealkylation sites (N-methyl/N-ethyl adjacent to an activating group) is 1. The average Bonchev–Trinajstić information content (AvgIpc) is 2.76. The SMILES string of the molecule is Cc1ccc2c(c1)c1c(n2C=C(F)c2ccncc2)CCN(C)CC1. The molecule has 1 aliphatic rings. The van der Waals surface area contributed by atoms with E-state index in [-0.39, 0.29) is 5.83 Å². The van der Waals surface area contributed by atoms with Gasteiger partial charge < -0.3 is 9.47 Å². The lowest BCUT2D eigenvalue weighted by Crippen LogP contribution is -2.21. The third-order valence-electron chi connectivity index (χ3n) is 5.05. The fourth-order valence-corrected chi connectivity index (χ4v) is 3.66. The van der Waals surface area contributed by atoms with Gasteiger partial charge in [0.25, 0.3) is 0 Å². The van der Waals surface area contributed by atoms with Crippen molar-refractivity contribution in [2.75, 3.05) is 20.1 Å². The van der Waals surface area contributed by atoms with Crippen molar-refractivity contribution in [3.05, 3.63) is 65.1 Å². The molecule has 128 valence electrons. The van der Waals surface area contributed by atoms with E-state index < -0.39 is 0 Å². The number of fused-ring (bicyclic) bond motifs is 3. The van der Waals surface area contributed by atoms with Crippen LogP contribution in [0.5, 0.6) is 0 Å². The molecule has 0 saturated carbocycles. The van der Waals surface area contributed by atoms with Crippen molar-refractivity contribution in [3.8, 4) is 0 Å². The number of rotatable bonds is 2. The quantitative estimate of drug-likeness (QED) is 0.696. The van der Waals surface area contributed by atoms with Gasteiger partial charge in [0.1, 0.15) is 5.83 Å². The molecular weight excluding hydrogens is 313 g/mol. The average molecular weight is 335 g/mol. The topological polar surface area (TPSA) is 21.1 Å². The molecule has 2 aromatic heterocycles. The number of hydrogen-bond donors (Lipinski definition) is 0. The predicted octanol–water partition coefficient (Wildman–Crippen LogP) is 4.30. The van der Waals surface area contributed by atoms with E-state index in [4.69, 9.17) is 0 Å². The lowest BCUT2D eigenvalue weighted by atomic mass is 10.1. The zero-order valence-corrected chi connectivity index (χ0v) is 14.7. The first-order valence-corrected chi connectivity index (χ1v) is 8.72. The Labute approximate surface area is 147 Å². The molecule has 4 rings (SSSR count). The van der Waals surface area contributed by atoms with Crippen LogP contribution in [0.15, 0.2) is 42.7 Å². The number of aromatic nitrogens is 2. The van der Waals surface area contributed by atoms with E-state index >= 15 is 0 Å². The molecule has 1 aliphatic heterocycles. The lowest BCUT2D eigenvalue weighted by molar-refractivity contribution is 0.351. The number of nitrogens with zero attached hydrogens (tertiary/aromatic N) is 3. The van der Waals surface area contributed by atoms with E-state index in [0.717, 1.165) is 31.4 Å². The number of hydrogen-bond acceptors (Lipinski definition) is 2. The highest BCUT2D eigenvalue weighted by Crippen LogP contribution is 2.31. The highest BCUT2D eigenvalue weighted by Gasteiger charge is 2.20. The maximum atomic E-state index is 14.9. The minimum atomic E-state index is -0.236. The van der Waals surface area contributed by atoms with E-state index in [1.165, 1.54) is 22.2 Å². The number of benzene rings is 1. The lowest BCUT2D eigenvalue weighted by Gasteiger charge is -2.12. The highest BCUT2D eigenvalue weighted by molar-refractivity contribution is 5.90. The molecule has 0 fully saturated rings. The first kappa shape index (κ1) is 16.0. The molecule has 3 nitrogen and oxygen atoms in total. The standard InChI is InChI=1S/C21H22FN3/c1-15-3-4-20-18(13-15)17-7-11-24(2)12-8-21(17)25(20)14-19(22)16-5-9-23-10-6-16/h3-6,9-10,13-14H,7-8,11-12H2,1-2H3. The summed E-state index contributed by atoms with van der Waals surface area (Å²) in [5, 5.41) is 1.25. The van der Waals surface area contributed by atoms with Gasteiger partial charge in [-0.05, 0) is 50.2 Å². The summed E-state index contributed by atoms with van der Waals surface area (Å²) in [5.74, 6) is -0.236. The second kappa shape index (κ2) is 6.45. The number of aryl methyl sites for hydroxylation is 1. The largest absolute Gasteiger partial charge is 0.317 e. The fraction of sp³-hybridized carbons (Fsp3) is 0.286. The van der Waals surface area contributed by atoms with Crippen LogP contribution in [0.3, 0.4) is 0 Å². The first-order valence-electron chi connectivity index (χ1n) is 8.72. The van der Waals surface area contributed by atoms with Crippen LogP contribution in [-0.2, 0) is 12.8 Å². The van der Waals surface area contributed by atoms with Crippen molar-refractivity contribution >= 4 is 22.9 Å². The minimum absolute atomic E-state index is 0.236. The molecule has 0 unspecified atom stereocenters. The van der Waals surface area contributed by atoms with Crippen LogP contribution < -0.4 is 0 Å². The Morgan fingerprint density at radius 2 is 1.88 bits per heavy atom. The molecule has 0 saturated heterocycles. The maximum absolute atomic E-state index is 14.9. The van der Waals surface area contributed by atoms with Crippen LogP contribution in [0.1, 0.15) is 22.4 Å².